The van der Waals surface area contributed by atoms with Crippen LogP contribution in [0.25, 0.3) is 0 Å². The van der Waals surface area contributed by atoms with Gasteiger partial charge in [0.25, 0.3) is 0 Å². The van der Waals surface area contributed by atoms with Crippen molar-refractivity contribution in [2.24, 2.45) is 11.8 Å². The molecule has 0 aliphatic heterocycles. The first-order valence-electron chi connectivity index (χ1n) is 6.59. The lowest BCUT2D eigenvalue weighted by Crippen LogP contribution is -2.34. The quantitative estimate of drug-likeness (QED) is 0.802. The fourth-order valence-electron chi connectivity index (χ4n) is 2.30. The minimum Gasteiger partial charge on any atom is -0.478 e. The summed E-state index contributed by atoms with van der Waals surface area (Å²) in [6, 6.07) is 0. The molecule has 1 N–H and O–H groups in total. The van der Waals surface area contributed by atoms with E-state index >= 15 is 0 Å². The molecule has 0 saturated carbocycles. The lowest BCUT2D eigenvalue weighted by molar-refractivity contribution is -0.133. The highest BCUT2D eigenvalue weighted by Crippen LogP contribution is 2.32. The molecule has 3 atom stereocenters. The van der Waals surface area contributed by atoms with E-state index < -0.39 is 5.97 Å². The van der Waals surface area contributed by atoms with E-state index in [9.17, 15) is 4.79 Å². The van der Waals surface area contributed by atoms with E-state index in [-0.39, 0.29) is 12.2 Å². The molecule has 98 valence electrons. The molecule has 0 aromatic heterocycles. The number of carbonyl (C=O) groups is 1. The third kappa shape index (κ3) is 3.56. The maximum atomic E-state index is 11.1. The molecule has 0 heterocycles. The van der Waals surface area contributed by atoms with Crippen LogP contribution >= 0.6 is 0 Å². The average molecular weight is 240 g/mol. The topological polar surface area (TPSA) is 46.5 Å². The van der Waals surface area contributed by atoms with E-state index in [2.05, 4.69) is 27.7 Å². The zero-order valence-electron chi connectivity index (χ0n) is 11.3. The van der Waals surface area contributed by atoms with Crippen molar-refractivity contribution in [3.63, 3.8) is 0 Å². The van der Waals surface area contributed by atoms with Crippen LogP contribution in [0.3, 0.4) is 0 Å². The van der Waals surface area contributed by atoms with Gasteiger partial charge >= 0.3 is 5.97 Å². The van der Waals surface area contributed by atoms with Gasteiger partial charge in [0.15, 0.2) is 0 Å². The van der Waals surface area contributed by atoms with Crippen molar-refractivity contribution in [2.45, 2.75) is 59.2 Å². The Morgan fingerprint density at radius 1 is 1.47 bits per heavy atom. The smallest absolute Gasteiger partial charge is 0.331 e. The average Bonchev–Trinajstić information content (AvgIpc) is 2.30. The van der Waals surface area contributed by atoms with Crippen molar-refractivity contribution in [1.82, 2.24) is 0 Å². The van der Waals surface area contributed by atoms with Crippen LogP contribution in [0.5, 0.6) is 0 Å². The van der Waals surface area contributed by atoms with Crippen molar-refractivity contribution in [1.29, 1.82) is 0 Å². The third-order valence-electron chi connectivity index (χ3n) is 3.86. The summed E-state index contributed by atoms with van der Waals surface area (Å²) in [7, 11) is 0. The molecule has 3 heteroatoms. The Morgan fingerprint density at radius 3 is 2.53 bits per heavy atom. The first kappa shape index (κ1) is 14.2. The van der Waals surface area contributed by atoms with E-state index in [1.54, 1.807) is 0 Å². The molecule has 0 spiro atoms. The van der Waals surface area contributed by atoms with Gasteiger partial charge in [-0.25, -0.2) is 4.79 Å². The largest absolute Gasteiger partial charge is 0.478 e. The lowest BCUT2D eigenvalue weighted by atomic mass is 9.80. The Morgan fingerprint density at radius 2 is 2.06 bits per heavy atom. The molecule has 17 heavy (non-hydrogen) atoms. The van der Waals surface area contributed by atoms with E-state index in [1.165, 1.54) is 0 Å². The Kier molecular flexibility index (Phi) is 5.19. The molecular formula is C14H24O3. The van der Waals surface area contributed by atoms with Crippen LogP contribution in [0.1, 0.15) is 47.0 Å². The predicted molar refractivity (Wildman–Crippen MR) is 67.9 cm³/mol. The second-order valence-electron chi connectivity index (χ2n) is 5.08. The molecule has 0 bridgehead atoms. The highest BCUT2D eigenvalue weighted by molar-refractivity contribution is 5.86. The molecule has 3 nitrogen and oxygen atoms in total. The standard InChI is InChI=1S/C14H24O3/c1-5-12(6-2)17-13-8-11(14(15)16)7-9(3)10(13)4/h8-10,12-13H,5-7H2,1-4H3,(H,15,16)/t9-,10+,13+/m0/s1. The van der Waals surface area contributed by atoms with Crippen LogP contribution in [0.15, 0.2) is 11.6 Å². The SMILES string of the molecule is CCC(CC)O[C@@H]1C=C(C(=O)O)C[C@H](C)[C@H]1C. The third-order valence-corrected chi connectivity index (χ3v) is 3.86. The summed E-state index contributed by atoms with van der Waals surface area (Å²) in [6.07, 6.45) is 4.60. The summed E-state index contributed by atoms with van der Waals surface area (Å²) >= 11 is 0. The van der Waals surface area contributed by atoms with E-state index in [4.69, 9.17) is 9.84 Å². The lowest BCUT2D eigenvalue weighted by Gasteiger charge is -2.34. The van der Waals surface area contributed by atoms with Crippen molar-refractivity contribution in [3.8, 4) is 0 Å². The van der Waals surface area contributed by atoms with Crippen LogP contribution in [0.4, 0.5) is 0 Å². The Labute approximate surface area is 104 Å². The number of carboxylic acid groups (broad SMARTS) is 1. The maximum absolute atomic E-state index is 11.1. The van der Waals surface area contributed by atoms with E-state index in [1.807, 2.05) is 6.08 Å². The minimum absolute atomic E-state index is 0.0465. The van der Waals surface area contributed by atoms with Gasteiger partial charge in [-0.3, -0.25) is 0 Å². The number of ether oxygens (including phenoxy) is 1. The highest BCUT2D eigenvalue weighted by Gasteiger charge is 2.31. The normalized spacial score (nSPS) is 29.2. The molecule has 0 fully saturated rings. The molecule has 0 amide bonds. The summed E-state index contributed by atoms with van der Waals surface area (Å²) in [4.78, 5) is 11.1. The summed E-state index contributed by atoms with van der Waals surface area (Å²) in [5.74, 6) is -0.0499. The first-order valence-corrected chi connectivity index (χ1v) is 6.59. The van der Waals surface area contributed by atoms with Crippen LogP contribution in [-0.2, 0) is 9.53 Å². The number of hydrogen-bond donors (Lipinski definition) is 1. The monoisotopic (exact) mass is 240 g/mol. The van der Waals surface area contributed by atoms with E-state index in [0.717, 1.165) is 12.8 Å². The van der Waals surface area contributed by atoms with Crippen LogP contribution in [0.2, 0.25) is 0 Å². The molecule has 1 aliphatic rings. The molecule has 0 saturated heterocycles. The number of rotatable bonds is 5. The second-order valence-corrected chi connectivity index (χ2v) is 5.08. The van der Waals surface area contributed by atoms with Gasteiger partial charge in [0, 0.05) is 5.57 Å². The summed E-state index contributed by atoms with van der Waals surface area (Å²) < 4.78 is 6.01. The number of hydrogen-bond acceptors (Lipinski definition) is 2. The van der Waals surface area contributed by atoms with Crippen molar-refractivity contribution in [2.75, 3.05) is 0 Å². The van der Waals surface area contributed by atoms with Crippen molar-refractivity contribution < 1.29 is 14.6 Å². The predicted octanol–water partition coefficient (Wildman–Crippen LogP) is 3.25. The molecule has 1 aliphatic carbocycles. The zero-order chi connectivity index (χ0) is 13.0. The van der Waals surface area contributed by atoms with E-state index in [0.29, 0.717) is 23.8 Å². The number of aliphatic carboxylic acids is 1. The number of carboxylic acids is 1. The second kappa shape index (κ2) is 6.20. The van der Waals surface area contributed by atoms with Gasteiger partial charge in [-0.15, -0.1) is 0 Å². The van der Waals surface area contributed by atoms with Crippen LogP contribution < -0.4 is 0 Å². The fourth-order valence-corrected chi connectivity index (χ4v) is 2.30. The van der Waals surface area contributed by atoms with Gasteiger partial charge in [0.2, 0.25) is 0 Å². The van der Waals surface area contributed by atoms with Crippen LogP contribution in [-0.4, -0.2) is 23.3 Å². The van der Waals surface area contributed by atoms with Gasteiger partial charge in [-0.1, -0.05) is 27.7 Å². The van der Waals surface area contributed by atoms with Gasteiger partial charge in [-0.2, -0.15) is 0 Å². The maximum Gasteiger partial charge on any atom is 0.331 e. The Hall–Kier alpha value is -0.830. The minimum atomic E-state index is -0.804. The van der Waals surface area contributed by atoms with Gasteiger partial charge in [0.05, 0.1) is 12.2 Å². The summed E-state index contributed by atoms with van der Waals surface area (Å²) in [6.45, 7) is 8.45. The molecular weight excluding hydrogens is 216 g/mol. The highest BCUT2D eigenvalue weighted by atomic mass is 16.5. The Bertz CT molecular complexity index is 292. The van der Waals surface area contributed by atoms with Gasteiger partial charge < -0.3 is 9.84 Å². The molecule has 0 unspecified atom stereocenters. The van der Waals surface area contributed by atoms with Gasteiger partial charge in [0.1, 0.15) is 0 Å². The van der Waals surface area contributed by atoms with Gasteiger partial charge in [-0.05, 0) is 37.2 Å². The van der Waals surface area contributed by atoms with Crippen molar-refractivity contribution in [3.05, 3.63) is 11.6 Å². The molecule has 1 rings (SSSR count). The summed E-state index contributed by atoms with van der Waals surface area (Å²) in [5.41, 5.74) is 0.506. The fraction of sp³-hybridized carbons (Fsp3) is 0.786. The Balaban J connectivity index is 2.79. The summed E-state index contributed by atoms with van der Waals surface area (Å²) in [5, 5.41) is 9.08. The molecule has 0 aromatic rings. The van der Waals surface area contributed by atoms with Crippen LogP contribution in [0, 0.1) is 11.8 Å². The molecule has 0 radical (unpaired) electrons. The first-order chi connectivity index (χ1) is 7.99. The van der Waals surface area contributed by atoms with Crippen molar-refractivity contribution >= 4 is 5.97 Å². The zero-order valence-corrected chi connectivity index (χ0v) is 11.3. The molecule has 0 aromatic carbocycles.